The van der Waals surface area contributed by atoms with Gasteiger partial charge in [-0.1, -0.05) is 36.4 Å². The molecule has 0 saturated carbocycles. The van der Waals surface area contributed by atoms with Gasteiger partial charge in [-0.3, -0.25) is 9.69 Å². The largest absolute Gasteiger partial charge is 0.416 e. The fourth-order valence-electron chi connectivity index (χ4n) is 5.31. The van der Waals surface area contributed by atoms with Crippen molar-refractivity contribution in [3.63, 3.8) is 0 Å². The molecule has 1 aliphatic rings. The van der Waals surface area contributed by atoms with Gasteiger partial charge in [0, 0.05) is 43.7 Å². The molecule has 1 saturated heterocycles. The van der Waals surface area contributed by atoms with E-state index >= 15 is 0 Å². The zero-order chi connectivity index (χ0) is 29.2. The van der Waals surface area contributed by atoms with Crippen LogP contribution in [-0.2, 0) is 18.9 Å². The minimum absolute atomic E-state index is 0.0464. The average Bonchev–Trinajstić information content (AvgIpc) is 3.28. The third-order valence-electron chi connectivity index (χ3n) is 7.28. The van der Waals surface area contributed by atoms with Crippen LogP contribution in [0.4, 0.5) is 30.7 Å². The predicted octanol–water partition coefficient (Wildman–Crippen LogP) is 7.63. The van der Waals surface area contributed by atoms with Crippen LogP contribution in [0.2, 0.25) is 0 Å². The summed E-state index contributed by atoms with van der Waals surface area (Å²) in [6.45, 7) is 4.20. The Morgan fingerprint density at radius 1 is 0.900 bits per heavy atom. The molecule has 0 radical (unpaired) electrons. The standard InChI is InChI=1S/C30H29F7N2O/c1-19(2)39(28(40)20-10-12-25(31)13-11-20)17-23-16-38(15-22-6-3-4-9-27(22)30(35,36)37)18-26(23)21-7-5-8-24(14-21)29(32,33)34/h3-14,19,23,26H,15-18H2,1-2H3. The highest BCUT2D eigenvalue weighted by molar-refractivity contribution is 5.94. The molecule has 3 aromatic carbocycles. The molecule has 0 spiro atoms. The molecule has 2 unspecified atom stereocenters. The van der Waals surface area contributed by atoms with Gasteiger partial charge in [0.05, 0.1) is 11.1 Å². The Morgan fingerprint density at radius 2 is 1.57 bits per heavy atom. The number of alkyl halides is 6. The third-order valence-corrected chi connectivity index (χ3v) is 7.28. The van der Waals surface area contributed by atoms with Gasteiger partial charge in [-0.05, 0) is 67.3 Å². The number of rotatable bonds is 7. The van der Waals surface area contributed by atoms with Crippen LogP contribution in [0.15, 0.2) is 72.8 Å². The number of amides is 1. The van der Waals surface area contributed by atoms with Crippen molar-refractivity contribution in [2.24, 2.45) is 5.92 Å². The molecule has 0 aliphatic carbocycles. The van der Waals surface area contributed by atoms with E-state index in [9.17, 15) is 35.5 Å². The van der Waals surface area contributed by atoms with Crippen LogP contribution < -0.4 is 0 Å². The van der Waals surface area contributed by atoms with E-state index in [4.69, 9.17) is 0 Å². The highest BCUT2D eigenvalue weighted by atomic mass is 19.4. The van der Waals surface area contributed by atoms with Crippen molar-refractivity contribution in [3.8, 4) is 0 Å². The van der Waals surface area contributed by atoms with E-state index in [1.165, 1.54) is 48.5 Å². The molecule has 0 bridgehead atoms. The van der Waals surface area contributed by atoms with Crippen LogP contribution in [0, 0.1) is 11.7 Å². The van der Waals surface area contributed by atoms with Gasteiger partial charge in [-0.15, -0.1) is 0 Å². The summed E-state index contributed by atoms with van der Waals surface area (Å²) in [6.07, 6.45) is -9.11. The minimum atomic E-state index is -4.56. The predicted molar refractivity (Wildman–Crippen MR) is 137 cm³/mol. The highest BCUT2D eigenvalue weighted by Gasteiger charge is 2.39. The van der Waals surface area contributed by atoms with E-state index < -0.39 is 35.2 Å². The molecular weight excluding hydrogens is 537 g/mol. The summed E-state index contributed by atoms with van der Waals surface area (Å²) in [7, 11) is 0. The molecular formula is C30H29F7N2O. The van der Waals surface area contributed by atoms with Crippen LogP contribution in [0.3, 0.4) is 0 Å². The summed E-state index contributed by atoms with van der Waals surface area (Å²) >= 11 is 0. The molecule has 10 heteroatoms. The maximum Gasteiger partial charge on any atom is 0.416 e. The molecule has 1 heterocycles. The van der Waals surface area contributed by atoms with Crippen molar-refractivity contribution >= 4 is 5.91 Å². The summed E-state index contributed by atoms with van der Waals surface area (Å²) in [5.74, 6) is -1.70. The Hall–Kier alpha value is -3.40. The Bertz CT molecular complexity index is 1320. The zero-order valence-corrected chi connectivity index (χ0v) is 21.9. The van der Waals surface area contributed by atoms with Crippen LogP contribution in [0.5, 0.6) is 0 Å². The Morgan fingerprint density at radius 3 is 2.20 bits per heavy atom. The lowest BCUT2D eigenvalue weighted by molar-refractivity contribution is -0.139. The maximum absolute atomic E-state index is 13.6. The minimum Gasteiger partial charge on any atom is -0.336 e. The number of halogens is 7. The van der Waals surface area contributed by atoms with Gasteiger partial charge in [-0.2, -0.15) is 26.3 Å². The number of carbonyl (C=O) groups is 1. The van der Waals surface area contributed by atoms with Gasteiger partial charge >= 0.3 is 12.4 Å². The lowest BCUT2D eigenvalue weighted by Gasteiger charge is -2.32. The van der Waals surface area contributed by atoms with Crippen molar-refractivity contribution < 1.29 is 35.5 Å². The smallest absolute Gasteiger partial charge is 0.336 e. The first-order chi connectivity index (χ1) is 18.7. The molecule has 1 aliphatic heterocycles. The van der Waals surface area contributed by atoms with Crippen LogP contribution >= 0.6 is 0 Å². The second-order valence-electron chi connectivity index (χ2n) is 10.4. The molecule has 1 amide bonds. The Kier molecular flexibility index (Phi) is 8.58. The van der Waals surface area contributed by atoms with E-state index in [1.54, 1.807) is 29.7 Å². The first kappa shape index (κ1) is 29.6. The molecule has 2 atom stereocenters. The number of nitrogens with zero attached hydrogens (tertiary/aromatic N) is 2. The number of hydrogen-bond acceptors (Lipinski definition) is 2. The second-order valence-corrected chi connectivity index (χ2v) is 10.4. The Labute approximate surface area is 228 Å². The zero-order valence-electron chi connectivity index (χ0n) is 21.9. The van der Waals surface area contributed by atoms with Crippen LogP contribution in [-0.4, -0.2) is 41.4 Å². The molecule has 0 aromatic heterocycles. The summed E-state index contributed by atoms with van der Waals surface area (Å²) in [5, 5.41) is 0. The van der Waals surface area contributed by atoms with E-state index in [1.807, 2.05) is 0 Å². The molecule has 3 nitrogen and oxygen atoms in total. The maximum atomic E-state index is 13.6. The fourth-order valence-corrected chi connectivity index (χ4v) is 5.31. The molecule has 40 heavy (non-hydrogen) atoms. The average molecular weight is 567 g/mol. The van der Waals surface area contributed by atoms with Crippen molar-refractivity contribution in [1.29, 1.82) is 0 Å². The molecule has 0 N–H and O–H groups in total. The first-order valence-corrected chi connectivity index (χ1v) is 12.8. The van der Waals surface area contributed by atoms with E-state index in [-0.39, 0.29) is 55.2 Å². The third kappa shape index (κ3) is 6.83. The number of hydrogen-bond donors (Lipinski definition) is 0. The van der Waals surface area contributed by atoms with Crippen molar-refractivity contribution in [3.05, 3.63) is 106 Å². The van der Waals surface area contributed by atoms with Gasteiger partial charge in [0.1, 0.15) is 5.82 Å². The first-order valence-electron chi connectivity index (χ1n) is 12.8. The monoisotopic (exact) mass is 566 g/mol. The number of benzene rings is 3. The molecule has 214 valence electrons. The van der Waals surface area contributed by atoms with E-state index in [2.05, 4.69) is 0 Å². The van der Waals surface area contributed by atoms with Gasteiger partial charge in [0.15, 0.2) is 0 Å². The van der Waals surface area contributed by atoms with E-state index in [0.717, 1.165) is 18.2 Å². The van der Waals surface area contributed by atoms with Crippen molar-refractivity contribution in [1.82, 2.24) is 9.80 Å². The molecule has 3 aromatic rings. The summed E-state index contributed by atoms with van der Waals surface area (Å²) in [4.78, 5) is 16.7. The quantitative estimate of drug-likeness (QED) is 0.275. The topological polar surface area (TPSA) is 23.6 Å². The van der Waals surface area contributed by atoms with Gasteiger partial charge < -0.3 is 4.90 Å². The lowest BCUT2D eigenvalue weighted by Crippen LogP contribution is -2.42. The van der Waals surface area contributed by atoms with Crippen LogP contribution in [0.25, 0.3) is 0 Å². The van der Waals surface area contributed by atoms with Crippen molar-refractivity contribution in [2.75, 3.05) is 19.6 Å². The number of carbonyl (C=O) groups excluding carboxylic acids is 1. The normalized spacial score (nSPS) is 18.4. The van der Waals surface area contributed by atoms with Crippen molar-refractivity contribution in [2.45, 2.75) is 44.7 Å². The SMILES string of the molecule is CC(C)N(CC1CN(Cc2ccccc2C(F)(F)F)CC1c1cccc(C(F)(F)F)c1)C(=O)c1ccc(F)cc1. The highest BCUT2D eigenvalue weighted by Crippen LogP contribution is 2.39. The van der Waals surface area contributed by atoms with Gasteiger partial charge in [0.2, 0.25) is 0 Å². The summed E-state index contributed by atoms with van der Waals surface area (Å²) in [6, 6.07) is 15.0. The fraction of sp³-hybridized carbons (Fsp3) is 0.367. The van der Waals surface area contributed by atoms with Gasteiger partial charge in [-0.25, -0.2) is 4.39 Å². The molecule has 1 fully saturated rings. The second kappa shape index (κ2) is 11.6. The summed E-state index contributed by atoms with van der Waals surface area (Å²) in [5.41, 5.74) is -0.831. The lowest BCUT2D eigenvalue weighted by atomic mass is 9.87. The number of likely N-dealkylation sites (tertiary alicyclic amines) is 1. The molecule has 4 rings (SSSR count). The Balaban J connectivity index is 1.66. The van der Waals surface area contributed by atoms with Crippen LogP contribution in [0.1, 0.15) is 52.4 Å². The van der Waals surface area contributed by atoms with E-state index in [0.29, 0.717) is 5.56 Å². The van der Waals surface area contributed by atoms with Gasteiger partial charge in [0.25, 0.3) is 5.91 Å². The summed E-state index contributed by atoms with van der Waals surface area (Å²) < 4.78 is 94.9.